The predicted molar refractivity (Wildman–Crippen MR) is 116 cm³/mol. The van der Waals surface area contributed by atoms with E-state index in [4.69, 9.17) is 0 Å². The van der Waals surface area contributed by atoms with E-state index >= 15 is 0 Å². The smallest absolute Gasteiger partial charge is 0.207 e. The van der Waals surface area contributed by atoms with Crippen LogP contribution in [0.5, 0.6) is 0 Å². The number of fused-ring (bicyclic) bond motifs is 1. The van der Waals surface area contributed by atoms with Gasteiger partial charge in [-0.05, 0) is 67.8 Å². The molecule has 28 heavy (non-hydrogen) atoms. The number of hydrogen-bond acceptors (Lipinski definition) is 3. The Balaban J connectivity index is 1.89. The molecule has 1 aliphatic heterocycles. The zero-order valence-electron chi connectivity index (χ0n) is 16.7. The van der Waals surface area contributed by atoms with Crippen LogP contribution in [0.3, 0.4) is 0 Å². The first-order valence-corrected chi connectivity index (χ1v) is 11.8. The summed E-state index contributed by atoms with van der Waals surface area (Å²) in [4.78, 5) is 1.74. The molecule has 0 N–H and O–H groups in total. The van der Waals surface area contributed by atoms with Gasteiger partial charge in [-0.3, -0.25) is 0 Å². The van der Waals surface area contributed by atoms with E-state index in [0.717, 1.165) is 34.2 Å². The molecule has 3 nitrogen and oxygen atoms in total. The number of benzene rings is 2. The largest absolute Gasteiger partial charge is 0.244 e. The van der Waals surface area contributed by atoms with Crippen LogP contribution in [0.4, 0.5) is 0 Å². The molecule has 0 saturated carbocycles. The summed E-state index contributed by atoms with van der Waals surface area (Å²) in [5.41, 5.74) is 6.03. The highest BCUT2D eigenvalue weighted by Gasteiger charge is 2.39. The first-order chi connectivity index (χ1) is 13.3. The number of rotatable bonds is 3. The van der Waals surface area contributed by atoms with Crippen molar-refractivity contribution in [1.29, 1.82) is 0 Å². The van der Waals surface area contributed by atoms with Crippen molar-refractivity contribution < 1.29 is 8.42 Å². The van der Waals surface area contributed by atoms with Crippen LogP contribution < -0.4 is 0 Å². The summed E-state index contributed by atoms with van der Waals surface area (Å²) < 4.78 is 29.4. The summed E-state index contributed by atoms with van der Waals surface area (Å²) in [5, 5.41) is 2.07. The van der Waals surface area contributed by atoms with Gasteiger partial charge >= 0.3 is 0 Å². The molecule has 2 aromatic carbocycles. The minimum absolute atomic E-state index is 0.277. The molecule has 1 atom stereocenters. The van der Waals surface area contributed by atoms with Crippen molar-refractivity contribution in [2.24, 2.45) is 0 Å². The lowest BCUT2D eigenvalue weighted by atomic mass is 9.95. The van der Waals surface area contributed by atoms with Crippen molar-refractivity contribution >= 4 is 21.4 Å². The summed E-state index contributed by atoms with van der Waals surface area (Å²) in [6, 6.07) is 14.0. The Hall–Kier alpha value is -1.95. The monoisotopic (exact) mass is 411 g/mol. The van der Waals surface area contributed by atoms with Gasteiger partial charge in [0.25, 0.3) is 0 Å². The van der Waals surface area contributed by atoms with Crippen LogP contribution >= 0.6 is 11.3 Å². The topological polar surface area (TPSA) is 37.4 Å². The molecule has 0 bridgehead atoms. The van der Waals surface area contributed by atoms with Gasteiger partial charge in [-0.1, -0.05) is 47.5 Å². The SMILES string of the molecule is Cc1ccc(C2c3ccsc3CCN2S(=O)(=O)c2c(C)cc(C)cc2C)cc1. The third kappa shape index (κ3) is 3.21. The maximum absolute atomic E-state index is 13.9. The third-order valence-corrected chi connectivity index (χ3v) is 8.65. The summed E-state index contributed by atoms with van der Waals surface area (Å²) in [5.74, 6) is 0. The van der Waals surface area contributed by atoms with E-state index in [0.29, 0.717) is 11.4 Å². The fraction of sp³-hybridized carbons (Fsp3) is 0.304. The van der Waals surface area contributed by atoms with E-state index < -0.39 is 10.0 Å². The normalized spacial score (nSPS) is 17.5. The summed E-state index contributed by atoms with van der Waals surface area (Å²) in [6.45, 7) is 8.35. The second-order valence-corrected chi connectivity index (χ2v) is 10.5. The summed E-state index contributed by atoms with van der Waals surface area (Å²) >= 11 is 1.72. The molecule has 0 spiro atoms. The number of thiophene rings is 1. The van der Waals surface area contributed by atoms with Crippen LogP contribution in [-0.2, 0) is 16.4 Å². The minimum atomic E-state index is -3.63. The summed E-state index contributed by atoms with van der Waals surface area (Å²) in [6.07, 6.45) is 0.762. The predicted octanol–water partition coefficient (Wildman–Crippen LogP) is 5.32. The molecule has 0 saturated heterocycles. The molecule has 4 rings (SSSR count). The Morgan fingerprint density at radius 2 is 1.57 bits per heavy atom. The van der Waals surface area contributed by atoms with Crippen LogP contribution in [0, 0.1) is 27.7 Å². The second-order valence-electron chi connectivity index (χ2n) is 7.71. The van der Waals surface area contributed by atoms with Crippen molar-refractivity contribution in [1.82, 2.24) is 4.31 Å². The Labute approximate surface area is 171 Å². The number of aryl methyl sites for hydroxylation is 4. The quantitative estimate of drug-likeness (QED) is 0.585. The lowest BCUT2D eigenvalue weighted by Gasteiger charge is -2.36. The van der Waals surface area contributed by atoms with Crippen LogP contribution in [0.1, 0.15) is 44.3 Å². The van der Waals surface area contributed by atoms with Crippen LogP contribution in [0.2, 0.25) is 0 Å². The standard InChI is InChI=1S/C23H25NO2S2/c1-15-5-7-19(8-6-15)22-20-10-12-27-21(20)9-11-24(22)28(25,26)23-17(3)13-16(2)14-18(23)4/h5-8,10,12-14,22H,9,11H2,1-4H3. The first kappa shape index (κ1) is 19.4. The van der Waals surface area contributed by atoms with E-state index in [1.807, 2.05) is 39.8 Å². The molecule has 3 aromatic rings. The molecule has 146 valence electrons. The molecule has 1 aromatic heterocycles. The van der Waals surface area contributed by atoms with E-state index in [1.54, 1.807) is 15.6 Å². The molecule has 0 aliphatic carbocycles. The summed E-state index contributed by atoms with van der Waals surface area (Å²) in [7, 11) is -3.63. The molecule has 0 fully saturated rings. The van der Waals surface area contributed by atoms with Gasteiger partial charge < -0.3 is 0 Å². The second kappa shape index (κ2) is 7.14. The fourth-order valence-corrected chi connectivity index (χ4v) is 7.25. The average molecular weight is 412 g/mol. The van der Waals surface area contributed by atoms with E-state index in [1.165, 1.54) is 10.4 Å². The van der Waals surface area contributed by atoms with Crippen molar-refractivity contribution in [2.75, 3.05) is 6.54 Å². The Morgan fingerprint density at radius 1 is 0.929 bits per heavy atom. The maximum Gasteiger partial charge on any atom is 0.244 e. The molecule has 0 radical (unpaired) electrons. The van der Waals surface area contributed by atoms with Gasteiger partial charge in [-0.15, -0.1) is 11.3 Å². The van der Waals surface area contributed by atoms with Gasteiger partial charge in [0, 0.05) is 11.4 Å². The fourth-order valence-electron chi connectivity index (χ4n) is 4.34. The highest BCUT2D eigenvalue weighted by Crippen LogP contribution is 2.41. The third-order valence-electron chi connectivity index (χ3n) is 5.49. The molecule has 5 heteroatoms. The zero-order chi connectivity index (χ0) is 20.1. The lowest BCUT2D eigenvalue weighted by Crippen LogP contribution is -2.40. The van der Waals surface area contributed by atoms with E-state index in [9.17, 15) is 8.42 Å². The van der Waals surface area contributed by atoms with Crippen LogP contribution in [0.25, 0.3) is 0 Å². The van der Waals surface area contributed by atoms with E-state index in [-0.39, 0.29) is 6.04 Å². The Kier molecular flexibility index (Phi) is 4.94. The van der Waals surface area contributed by atoms with Crippen molar-refractivity contribution in [2.45, 2.75) is 45.1 Å². The van der Waals surface area contributed by atoms with Gasteiger partial charge in [0.2, 0.25) is 10.0 Å². The van der Waals surface area contributed by atoms with Gasteiger partial charge in [-0.2, -0.15) is 4.31 Å². The Bertz CT molecular complexity index is 1100. The average Bonchev–Trinajstić information content (AvgIpc) is 3.09. The highest BCUT2D eigenvalue weighted by atomic mass is 32.2. The van der Waals surface area contributed by atoms with Crippen molar-refractivity contribution in [3.05, 3.63) is 86.1 Å². The van der Waals surface area contributed by atoms with E-state index in [2.05, 4.69) is 35.7 Å². The first-order valence-electron chi connectivity index (χ1n) is 9.51. The molecule has 2 heterocycles. The molecular formula is C23H25NO2S2. The van der Waals surface area contributed by atoms with Gasteiger partial charge in [0.1, 0.15) is 0 Å². The van der Waals surface area contributed by atoms with Gasteiger partial charge in [0.05, 0.1) is 10.9 Å². The van der Waals surface area contributed by atoms with Gasteiger partial charge in [-0.25, -0.2) is 8.42 Å². The van der Waals surface area contributed by atoms with Crippen molar-refractivity contribution in [3.63, 3.8) is 0 Å². The molecule has 1 aliphatic rings. The Morgan fingerprint density at radius 3 is 2.21 bits per heavy atom. The lowest BCUT2D eigenvalue weighted by molar-refractivity contribution is 0.346. The maximum atomic E-state index is 13.9. The van der Waals surface area contributed by atoms with Gasteiger partial charge in [0.15, 0.2) is 0 Å². The minimum Gasteiger partial charge on any atom is -0.207 e. The van der Waals surface area contributed by atoms with Crippen molar-refractivity contribution in [3.8, 4) is 0 Å². The molecular weight excluding hydrogens is 386 g/mol. The number of sulfonamides is 1. The van der Waals surface area contributed by atoms with Crippen LogP contribution in [-0.4, -0.2) is 19.3 Å². The van der Waals surface area contributed by atoms with Crippen LogP contribution in [0.15, 0.2) is 52.7 Å². The molecule has 0 amide bonds. The molecule has 1 unspecified atom stereocenters. The zero-order valence-corrected chi connectivity index (χ0v) is 18.3. The number of nitrogens with zero attached hydrogens (tertiary/aromatic N) is 1. The highest BCUT2D eigenvalue weighted by molar-refractivity contribution is 7.89. The number of hydrogen-bond donors (Lipinski definition) is 0.